The molecule has 1 aromatic heterocycles. The van der Waals surface area contributed by atoms with Crippen LogP contribution >= 0.6 is 0 Å². The topological polar surface area (TPSA) is 69.6 Å². The number of sulfone groups is 1. The van der Waals surface area contributed by atoms with Gasteiger partial charge in [-0.15, -0.1) is 0 Å². The summed E-state index contributed by atoms with van der Waals surface area (Å²) >= 11 is 0. The van der Waals surface area contributed by atoms with Crippen molar-refractivity contribution >= 4 is 21.6 Å². The Hall–Kier alpha value is -2.19. The zero-order valence-corrected chi connectivity index (χ0v) is 19.0. The highest BCUT2D eigenvalue weighted by Gasteiger charge is 2.34. The molecule has 7 nitrogen and oxygen atoms in total. The van der Waals surface area contributed by atoms with Crippen LogP contribution < -0.4 is 9.80 Å². The third kappa shape index (κ3) is 4.41. The number of aromatic nitrogens is 2. The number of benzene rings is 1. The van der Waals surface area contributed by atoms with Gasteiger partial charge in [0, 0.05) is 57.8 Å². The lowest BCUT2D eigenvalue weighted by Crippen LogP contribution is -2.38. The van der Waals surface area contributed by atoms with Gasteiger partial charge in [-0.2, -0.15) is 4.98 Å². The van der Waals surface area contributed by atoms with Crippen LogP contribution in [0, 0.1) is 0 Å². The number of hydrogen-bond donors (Lipinski definition) is 0. The van der Waals surface area contributed by atoms with Crippen LogP contribution in [0.25, 0.3) is 0 Å². The lowest BCUT2D eigenvalue weighted by atomic mass is 10.0. The molecule has 0 N–H and O–H groups in total. The molecule has 2 aromatic rings. The van der Waals surface area contributed by atoms with E-state index in [1.807, 2.05) is 13.1 Å². The molecule has 0 unspecified atom stereocenters. The summed E-state index contributed by atoms with van der Waals surface area (Å²) in [7, 11) is -0.941. The van der Waals surface area contributed by atoms with Gasteiger partial charge in [-0.25, -0.2) is 13.4 Å². The fourth-order valence-electron chi connectivity index (χ4n) is 5.02. The quantitative estimate of drug-likeness (QED) is 0.705. The van der Waals surface area contributed by atoms with Gasteiger partial charge in [0.05, 0.1) is 17.2 Å². The van der Waals surface area contributed by atoms with E-state index in [1.165, 1.54) is 18.4 Å². The lowest BCUT2D eigenvalue weighted by Gasteiger charge is -2.34. The average molecular weight is 442 g/mol. The molecule has 1 aromatic carbocycles. The van der Waals surface area contributed by atoms with E-state index in [2.05, 4.69) is 39.0 Å². The average Bonchev–Trinajstić information content (AvgIpc) is 3.43. The highest BCUT2D eigenvalue weighted by atomic mass is 32.2. The second kappa shape index (κ2) is 8.39. The second-order valence-electron chi connectivity index (χ2n) is 9.08. The van der Waals surface area contributed by atoms with Crippen LogP contribution in [0.5, 0.6) is 0 Å². The molecular formula is C23H31N5O2S. The van der Waals surface area contributed by atoms with Crippen LogP contribution in [0.3, 0.4) is 0 Å². The Morgan fingerprint density at radius 1 is 1.10 bits per heavy atom. The minimum atomic E-state index is -2.95. The molecule has 0 radical (unpaired) electrons. The van der Waals surface area contributed by atoms with E-state index < -0.39 is 9.84 Å². The van der Waals surface area contributed by atoms with Crippen molar-refractivity contribution in [3.05, 3.63) is 47.2 Å². The molecule has 5 rings (SSSR count). The van der Waals surface area contributed by atoms with Crippen LogP contribution in [0.1, 0.15) is 36.1 Å². The predicted molar refractivity (Wildman–Crippen MR) is 123 cm³/mol. The maximum absolute atomic E-state index is 12.1. The summed E-state index contributed by atoms with van der Waals surface area (Å²) < 4.78 is 24.2. The molecule has 8 heteroatoms. The third-order valence-electron chi connectivity index (χ3n) is 6.83. The molecule has 31 heavy (non-hydrogen) atoms. The van der Waals surface area contributed by atoms with Crippen molar-refractivity contribution in [1.29, 1.82) is 0 Å². The molecule has 2 fully saturated rings. The second-order valence-corrected chi connectivity index (χ2v) is 11.3. The summed E-state index contributed by atoms with van der Waals surface area (Å²) in [5.74, 6) is 2.23. The smallest absolute Gasteiger partial charge is 0.227 e. The Morgan fingerprint density at radius 3 is 2.58 bits per heavy atom. The van der Waals surface area contributed by atoms with E-state index in [0.29, 0.717) is 6.42 Å². The molecular weight excluding hydrogens is 410 g/mol. The first-order valence-electron chi connectivity index (χ1n) is 11.3. The monoisotopic (exact) mass is 441 g/mol. The third-order valence-corrected chi connectivity index (χ3v) is 8.58. The highest BCUT2D eigenvalue weighted by molar-refractivity contribution is 7.91. The van der Waals surface area contributed by atoms with E-state index >= 15 is 0 Å². The number of rotatable bonds is 5. The predicted octanol–water partition coefficient (Wildman–Crippen LogP) is 2.26. The number of anilines is 2. The van der Waals surface area contributed by atoms with E-state index in [9.17, 15) is 8.42 Å². The van der Waals surface area contributed by atoms with Gasteiger partial charge in [0.1, 0.15) is 5.82 Å². The Kier molecular flexibility index (Phi) is 5.60. The normalized spacial score (nSPS) is 23.1. The van der Waals surface area contributed by atoms with Crippen LogP contribution in [0.15, 0.2) is 30.3 Å². The Morgan fingerprint density at radius 2 is 1.87 bits per heavy atom. The Labute approximate surface area is 185 Å². The molecule has 0 spiro atoms. The van der Waals surface area contributed by atoms with Crippen molar-refractivity contribution in [3.63, 3.8) is 0 Å². The standard InChI is InChI=1S/C23H31N5O2S/c1-26(19-10-14-31(29,30)17-19)22-20-16-27(15-18-7-3-2-4-8-18)13-9-21(20)24-23(25-22)28-11-5-6-12-28/h2-4,7-8,19H,5-6,9-17H2,1H3/t19-/m1/s1. The van der Waals surface area contributed by atoms with Crippen LogP contribution in [0.4, 0.5) is 11.8 Å². The van der Waals surface area contributed by atoms with Gasteiger partial charge in [0.25, 0.3) is 0 Å². The van der Waals surface area contributed by atoms with Crippen LogP contribution in [-0.2, 0) is 29.3 Å². The van der Waals surface area contributed by atoms with E-state index in [4.69, 9.17) is 9.97 Å². The van der Waals surface area contributed by atoms with Gasteiger partial charge in [-0.1, -0.05) is 30.3 Å². The largest absolute Gasteiger partial charge is 0.355 e. The summed E-state index contributed by atoms with van der Waals surface area (Å²) in [4.78, 5) is 16.8. The summed E-state index contributed by atoms with van der Waals surface area (Å²) in [6, 6.07) is 10.5. The molecule has 3 aliphatic heterocycles. The molecule has 0 amide bonds. The maximum Gasteiger partial charge on any atom is 0.227 e. The summed E-state index contributed by atoms with van der Waals surface area (Å²) in [5.41, 5.74) is 3.60. The fourth-order valence-corrected chi connectivity index (χ4v) is 6.79. The summed E-state index contributed by atoms with van der Waals surface area (Å²) in [6.45, 7) is 4.66. The first kappa shape index (κ1) is 20.7. The van der Waals surface area contributed by atoms with Crippen molar-refractivity contribution in [2.75, 3.05) is 48.0 Å². The van der Waals surface area contributed by atoms with Gasteiger partial charge in [0.2, 0.25) is 5.95 Å². The number of nitrogens with zero attached hydrogens (tertiary/aromatic N) is 5. The van der Waals surface area contributed by atoms with E-state index in [-0.39, 0.29) is 17.5 Å². The Bertz CT molecular complexity index is 1040. The maximum atomic E-state index is 12.1. The minimum absolute atomic E-state index is 0.0140. The molecule has 1 atom stereocenters. The molecule has 3 aliphatic rings. The Balaban J connectivity index is 1.46. The van der Waals surface area contributed by atoms with Gasteiger partial charge >= 0.3 is 0 Å². The van der Waals surface area contributed by atoms with Gasteiger partial charge in [-0.3, -0.25) is 4.90 Å². The van der Waals surface area contributed by atoms with Gasteiger partial charge in [-0.05, 0) is 24.8 Å². The van der Waals surface area contributed by atoms with Gasteiger partial charge < -0.3 is 9.80 Å². The van der Waals surface area contributed by atoms with Crippen molar-refractivity contribution < 1.29 is 8.42 Å². The zero-order chi connectivity index (χ0) is 21.4. The SMILES string of the molecule is CN(c1nc(N2CCCC2)nc2c1CN(Cc1ccccc1)CC2)[C@@H]1CCS(=O)(=O)C1. The van der Waals surface area contributed by atoms with Crippen molar-refractivity contribution in [3.8, 4) is 0 Å². The summed E-state index contributed by atoms with van der Waals surface area (Å²) in [6.07, 6.45) is 3.92. The van der Waals surface area contributed by atoms with E-state index in [1.54, 1.807) is 0 Å². The number of hydrogen-bond acceptors (Lipinski definition) is 7. The van der Waals surface area contributed by atoms with Gasteiger partial charge in [0.15, 0.2) is 9.84 Å². The molecule has 166 valence electrons. The fraction of sp³-hybridized carbons (Fsp3) is 0.565. The van der Waals surface area contributed by atoms with Crippen molar-refractivity contribution in [2.24, 2.45) is 0 Å². The van der Waals surface area contributed by atoms with Crippen LogP contribution in [-0.4, -0.2) is 67.5 Å². The van der Waals surface area contributed by atoms with Crippen molar-refractivity contribution in [1.82, 2.24) is 14.9 Å². The lowest BCUT2D eigenvalue weighted by molar-refractivity contribution is 0.243. The molecule has 0 saturated carbocycles. The number of fused-ring (bicyclic) bond motifs is 1. The first-order chi connectivity index (χ1) is 15.0. The van der Waals surface area contributed by atoms with Crippen molar-refractivity contribution in [2.45, 2.75) is 44.8 Å². The highest BCUT2D eigenvalue weighted by Crippen LogP contribution is 2.32. The zero-order valence-electron chi connectivity index (χ0n) is 18.2. The molecule has 0 bridgehead atoms. The minimum Gasteiger partial charge on any atom is -0.355 e. The van der Waals surface area contributed by atoms with E-state index in [0.717, 1.165) is 62.2 Å². The van der Waals surface area contributed by atoms with Crippen LogP contribution in [0.2, 0.25) is 0 Å². The molecule has 4 heterocycles. The molecule has 0 aliphatic carbocycles. The summed E-state index contributed by atoms with van der Waals surface area (Å²) in [5, 5.41) is 0. The molecule has 2 saturated heterocycles. The first-order valence-corrected chi connectivity index (χ1v) is 13.1.